The number of methoxy groups -OCH3 is 1. The molecule has 0 aromatic rings. The molecule has 0 heterocycles. The van der Waals surface area contributed by atoms with E-state index in [0.717, 1.165) is 0 Å². The minimum atomic E-state index is -1.67. The fourth-order valence-electron chi connectivity index (χ4n) is 0.825. The molecule has 0 aliphatic carbocycles. The van der Waals surface area contributed by atoms with E-state index in [0.29, 0.717) is 0 Å². The molecule has 4 heteroatoms. The molecule has 0 aromatic carbocycles. The van der Waals surface area contributed by atoms with E-state index in [1.165, 1.54) is 7.11 Å². The van der Waals surface area contributed by atoms with Gasteiger partial charge in [-0.05, 0) is 0 Å². The number of ether oxygens (including phenoxy) is 1. The average Bonchev–Trinajstić information content (AvgIpc) is 1.60. The number of hydrogen-bond acceptors (Lipinski definition) is 2. The molecule has 1 N–H and O–H groups in total. The zero-order chi connectivity index (χ0) is 8.36. The maximum Gasteiger partial charge on any atom is 0.329 e. The molecular formula is C6H14O3Si. The monoisotopic (exact) mass is 162 g/mol. The minimum Gasteiger partial charge on any atom is -0.480 e. The molecule has 0 rings (SSSR count). The number of aliphatic carboxylic acids is 1. The van der Waals surface area contributed by atoms with Crippen LogP contribution in [-0.2, 0) is 9.53 Å². The first-order valence-electron chi connectivity index (χ1n) is 3.15. The Kier molecular flexibility index (Phi) is 3.05. The van der Waals surface area contributed by atoms with Gasteiger partial charge in [0.1, 0.15) is 5.73 Å². The number of carbonyl (C=O) groups is 1. The van der Waals surface area contributed by atoms with Gasteiger partial charge in [-0.1, -0.05) is 19.6 Å². The van der Waals surface area contributed by atoms with Gasteiger partial charge in [-0.3, -0.25) is 0 Å². The quantitative estimate of drug-likeness (QED) is 0.629. The van der Waals surface area contributed by atoms with Crippen molar-refractivity contribution in [1.29, 1.82) is 0 Å². The topological polar surface area (TPSA) is 46.5 Å². The molecule has 0 saturated carbocycles. The second-order valence-corrected chi connectivity index (χ2v) is 8.58. The van der Waals surface area contributed by atoms with Crippen molar-refractivity contribution in [1.82, 2.24) is 0 Å². The number of carboxylic acids is 1. The van der Waals surface area contributed by atoms with Gasteiger partial charge in [0.05, 0.1) is 8.07 Å². The first-order valence-corrected chi connectivity index (χ1v) is 6.73. The summed E-state index contributed by atoms with van der Waals surface area (Å²) in [7, 11) is -0.230. The molecule has 0 spiro atoms. The normalized spacial score (nSPS) is 14.8. The predicted molar refractivity (Wildman–Crippen MR) is 41.8 cm³/mol. The van der Waals surface area contributed by atoms with E-state index in [4.69, 9.17) is 9.84 Å². The molecule has 0 amide bonds. The van der Waals surface area contributed by atoms with E-state index in [1.807, 2.05) is 19.6 Å². The maximum absolute atomic E-state index is 10.5. The van der Waals surface area contributed by atoms with Gasteiger partial charge in [0.15, 0.2) is 0 Å². The van der Waals surface area contributed by atoms with E-state index in [9.17, 15) is 4.79 Å². The van der Waals surface area contributed by atoms with E-state index in [1.54, 1.807) is 0 Å². The Bertz CT molecular complexity index is 127. The summed E-state index contributed by atoms with van der Waals surface area (Å²) >= 11 is 0. The summed E-state index contributed by atoms with van der Waals surface area (Å²) in [5.74, 6) is -0.846. The number of hydrogen-bond donors (Lipinski definition) is 1. The third-order valence-electron chi connectivity index (χ3n) is 1.25. The molecule has 10 heavy (non-hydrogen) atoms. The van der Waals surface area contributed by atoms with Gasteiger partial charge >= 0.3 is 5.97 Å². The maximum atomic E-state index is 10.5. The van der Waals surface area contributed by atoms with Gasteiger partial charge in [-0.2, -0.15) is 0 Å². The Balaban J connectivity index is 4.22. The lowest BCUT2D eigenvalue weighted by Crippen LogP contribution is -2.45. The molecule has 0 aliphatic rings. The van der Waals surface area contributed by atoms with Gasteiger partial charge in [0.2, 0.25) is 0 Å². The molecule has 0 saturated heterocycles. The fourth-order valence-corrected chi connectivity index (χ4v) is 2.27. The van der Waals surface area contributed by atoms with Gasteiger partial charge in [-0.15, -0.1) is 0 Å². The van der Waals surface area contributed by atoms with E-state index in [2.05, 4.69) is 0 Å². The van der Waals surface area contributed by atoms with Gasteiger partial charge in [-0.25, -0.2) is 4.79 Å². The highest BCUT2D eigenvalue weighted by Crippen LogP contribution is 2.10. The Hall–Kier alpha value is -0.353. The van der Waals surface area contributed by atoms with Crippen molar-refractivity contribution >= 4 is 14.0 Å². The van der Waals surface area contributed by atoms with Crippen LogP contribution in [0.15, 0.2) is 0 Å². The van der Waals surface area contributed by atoms with Crippen molar-refractivity contribution in [2.24, 2.45) is 0 Å². The molecule has 0 fully saturated rings. The van der Waals surface area contributed by atoms with Crippen LogP contribution in [0.1, 0.15) is 0 Å². The number of carboxylic acid groups (broad SMARTS) is 1. The largest absolute Gasteiger partial charge is 0.480 e. The first kappa shape index (κ1) is 9.65. The van der Waals surface area contributed by atoms with Crippen LogP contribution in [0.25, 0.3) is 0 Å². The second-order valence-electron chi connectivity index (χ2n) is 3.32. The highest BCUT2D eigenvalue weighted by atomic mass is 28.3. The Morgan fingerprint density at radius 2 is 1.90 bits per heavy atom. The molecule has 0 aliphatic heterocycles. The lowest BCUT2D eigenvalue weighted by molar-refractivity contribution is -0.144. The molecule has 1 atom stereocenters. The van der Waals surface area contributed by atoms with Crippen molar-refractivity contribution in [2.75, 3.05) is 7.11 Å². The Morgan fingerprint density at radius 3 is 1.90 bits per heavy atom. The zero-order valence-electron chi connectivity index (χ0n) is 6.84. The smallest absolute Gasteiger partial charge is 0.329 e. The molecular weight excluding hydrogens is 148 g/mol. The number of rotatable bonds is 3. The van der Waals surface area contributed by atoms with Crippen LogP contribution in [0, 0.1) is 0 Å². The second kappa shape index (κ2) is 3.16. The van der Waals surface area contributed by atoms with Crippen LogP contribution < -0.4 is 0 Å². The van der Waals surface area contributed by atoms with Crippen LogP contribution in [0.4, 0.5) is 0 Å². The van der Waals surface area contributed by atoms with Crippen molar-refractivity contribution in [3.05, 3.63) is 0 Å². The van der Waals surface area contributed by atoms with Gasteiger partial charge in [0, 0.05) is 7.11 Å². The summed E-state index contributed by atoms with van der Waals surface area (Å²) < 4.78 is 4.84. The molecule has 1 unspecified atom stereocenters. The van der Waals surface area contributed by atoms with Crippen LogP contribution >= 0.6 is 0 Å². The van der Waals surface area contributed by atoms with Crippen LogP contribution in [0.2, 0.25) is 19.6 Å². The zero-order valence-corrected chi connectivity index (χ0v) is 7.84. The highest BCUT2D eigenvalue weighted by Gasteiger charge is 2.32. The first-order chi connectivity index (χ1) is 4.39. The SMILES string of the molecule is COC(C(=O)O)[Si](C)(C)C. The van der Waals surface area contributed by atoms with Crippen LogP contribution in [-0.4, -0.2) is 32.0 Å². The fraction of sp³-hybridized carbons (Fsp3) is 0.833. The van der Waals surface area contributed by atoms with Gasteiger partial charge < -0.3 is 9.84 Å². The summed E-state index contributed by atoms with van der Waals surface area (Å²) in [4.78, 5) is 10.5. The molecule has 0 bridgehead atoms. The standard InChI is InChI=1S/C6H14O3Si/c1-9-6(5(7)8)10(2,3)4/h6H,1-4H3,(H,7,8). The van der Waals surface area contributed by atoms with Crippen molar-refractivity contribution in [3.8, 4) is 0 Å². The summed E-state index contributed by atoms with van der Waals surface area (Å²) in [6, 6.07) is 0. The van der Waals surface area contributed by atoms with E-state index in [-0.39, 0.29) is 0 Å². The minimum absolute atomic E-state index is 0.576. The lowest BCUT2D eigenvalue weighted by Gasteiger charge is -2.22. The summed E-state index contributed by atoms with van der Waals surface area (Å²) in [6.07, 6.45) is 0. The van der Waals surface area contributed by atoms with E-state index >= 15 is 0 Å². The molecule has 3 nitrogen and oxygen atoms in total. The van der Waals surface area contributed by atoms with Crippen molar-refractivity contribution in [2.45, 2.75) is 25.4 Å². The Labute approximate surface area is 62.0 Å². The summed E-state index contributed by atoms with van der Waals surface area (Å²) in [5, 5.41) is 8.62. The van der Waals surface area contributed by atoms with Crippen molar-refractivity contribution in [3.63, 3.8) is 0 Å². The van der Waals surface area contributed by atoms with Crippen LogP contribution in [0.5, 0.6) is 0 Å². The molecule has 0 aromatic heterocycles. The molecule has 60 valence electrons. The highest BCUT2D eigenvalue weighted by molar-refractivity contribution is 6.80. The van der Waals surface area contributed by atoms with E-state index < -0.39 is 19.8 Å². The molecule has 0 radical (unpaired) electrons. The van der Waals surface area contributed by atoms with Crippen molar-refractivity contribution < 1.29 is 14.6 Å². The lowest BCUT2D eigenvalue weighted by atomic mass is 10.7. The van der Waals surface area contributed by atoms with Gasteiger partial charge in [0.25, 0.3) is 0 Å². The summed E-state index contributed by atoms with van der Waals surface area (Å²) in [6.45, 7) is 5.90. The Morgan fingerprint density at radius 1 is 1.50 bits per heavy atom. The van der Waals surface area contributed by atoms with Crippen LogP contribution in [0.3, 0.4) is 0 Å². The third-order valence-corrected chi connectivity index (χ3v) is 3.30. The third kappa shape index (κ3) is 2.49. The average molecular weight is 162 g/mol. The summed E-state index contributed by atoms with van der Waals surface area (Å²) in [5.41, 5.74) is -0.576. The predicted octanol–water partition coefficient (Wildman–Crippen LogP) is 0.963.